The molecule has 0 N–H and O–H groups in total. The minimum Gasteiger partial charge on any atom is -0.294 e. The van der Waals surface area contributed by atoms with Crippen LogP contribution in [-0.2, 0) is 9.59 Å². The zero-order valence-corrected chi connectivity index (χ0v) is 17.6. The Hall–Kier alpha value is -2.22. The molecule has 0 saturated carbocycles. The Balaban J connectivity index is 2.03. The van der Waals surface area contributed by atoms with E-state index in [1.165, 1.54) is 11.1 Å². The zero-order chi connectivity index (χ0) is 20.2. The van der Waals surface area contributed by atoms with Gasteiger partial charge in [0.15, 0.2) is 11.6 Å². The Morgan fingerprint density at radius 3 is 1.52 bits per heavy atom. The molecule has 0 bridgehead atoms. The third kappa shape index (κ3) is 5.38. The van der Waals surface area contributed by atoms with Crippen LogP contribution in [0.2, 0.25) is 0 Å². The molecule has 144 valence electrons. The number of ketones is 2. The highest BCUT2D eigenvalue weighted by atomic mass is 16.1. The number of rotatable bonds is 6. The van der Waals surface area contributed by atoms with E-state index < -0.39 is 0 Å². The predicted octanol–water partition coefficient (Wildman–Crippen LogP) is 6.23. The van der Waals surface area contributed by atoms with Gasteiger partial charge in [-0.1, -0.05) is 64.2 Å². The fraction of sp³-hybridized carbons (Fsp3) is 0.440. The van der Waals surface area contributed by atoms with Crippen molar-refractivity contribution < 1.29 is 9.59 Å². The Kier molecular flexibility index (Phi) is 6.41. The molecule has 27 heavy (non-hydrogen) atoms. The molecular weight excluding hydrogens is 332 g/mol. The molecule has 0 heterocycles. The van der Waals surface area contributed by atoms with Crippen LogP contribution in [0, 0.1) is 10.8 Å². The van der Waals surface area contributed by atoms with Crippen LogP contribution in [-0.4, -0.2) is 11.6 Å². The summed E-state index contributed by atoms with van der Waals surface area (Å²) in [7, 11) is 0. The van der Waals surface area contributed by atoms with E-state index in [4.69, 9.17) is 0 Å². The maximum absolute atomic E-state index is 12.3. The van der Waals surface area contributed by atoms with Gasteiger partial charge in [-0.05, 0) is 72.0 Å². The third-order valence-corrected chi connectivity index (χ3v) is 5.52. The van der Waals surface area contributed by atoms with Crippen LogP contribution in [0.3, 0.4) is 0 Å². The van der Waals surface area contributed by atoms with Gasteiger partial charge in [-0.2, -0.15) is 0 Å². The summed E-state index contributed by atoms with van der Waals surface area (Å²) in [6, 6.07) is 0. The Bertz CT molecular complexity index is 737. The highest BCUT2D eigenvalue weighted by Gasteiger charge is 2.25. The molecule has 0 unspecified atom stereocenters. The van der Waals surface area contributed by atoms with Gasteiger partial charge >= 0.3 is 0 Å². The molecule has 0 aliphatic heterocycles. The van der Waals surface area contributed by atoms with Gasteiger partial charge in [-0.25, -0.2) is 0 Å². The summed E-state index contributed by atoms with van der Waals surface area (Å²) in [5, 5.41) is 0. The van der Waals surface area contributed by atoms with Crippen molar-refractivity contribution >= 4 is 11.6 Å². The third-order valence-electron chi connectivity index (χ3n) is 5.52. The molecule has 0 saturated heterocycles. The molecule has 0 spiro atoms. The number of carbonyl (C=O) groups excluding carboxylic acids is 2. The van der Waals surface area contributed by atoms with E-state index in [0.717, 1.165) is 24.0 Å². The highest BCUT2D eigenvalue weighted by molar-refractivity contribution is 6.08. The molecule has 2 aliphatic rings. The summed E-state index contributed by atoms with van der Waals surface area (Å²) in [6.45, 7) is 12.8. The quantitative estimate of drug-likeness (QED) is 0.413. The van der Waals surface area contributed by atoms with E-state index in [9.17, 15) is 9.59 Å². The fourth-order valence-electron chi connectivity index (χ4n) is 3.88. The van der Waals surface area contributed by atoms with Gasteiger partial charge in [0, 0.05) is 0 Å². The van der Waals surface area contributed by atoms with Crippen molar-refractivity contribution in [2.45, 2.75) is 60.8 Å². The van der Waals surface area contributed by atoms with E-state index in [0.29, 0.717) is 0 Å². The highest BCUT2D eigenvalue weighted by Crippen LogP contribution is 2.38. The molecule has 0 aromatic carbocycles. The largest absolute Gasteiger partial charge is 0.294 e. The summed E-state index contributed by atoms with van der Waals surface area (Å²) in [5.41, 5.74) is 4.72. The summed E-state index contributed by atoms with van der Waals surface area (Å²) in [5.74, 6) is -0.299. The van der Waals surface area contributed by atoms with Crippen LogP contribution < -0.4 is 0 Å². The number of carbonyl (C=O) groups is 2. The first-order chi connectivity index (χ1) is 12.5. The van der Waals surface area contributed by atoms with Crippen molar-refractivity contribution in [1.29, 1.82) is 0 Å². The molecular formula is C25H32O2. The Labute approximate surface area is 164 Å². The van der Waals surface area contributed by atoms with E-state index in [1.54, 1.807) is 12.2 Å². The van der Waals surface area contributed by atoms with Crippen molar-refractivity contribution in [3.05, 3.63) is 70.9 Å². The molecule has 2 aliphatic carbocycles. The number of hydrogen-bond donors (Lipinski definition) is 0. The molecule has 0 radical (unpaired) electrons. The monoisotopic (exact) mass is 364 g/mol. The van der Waals surface area contributed by atoms with Crippen LogP contribution in [0.4, 0.5) is 0 Å². The summed E-state index contributed by atoms with van der Waals surface area (Å²) in [6.07, 6.45) is 17.3. The first-order valence-electron chi connectivity index (χ1n) is 9.70. The topological polar surface area (TPSA) is 34.1 Å². The second-order valence-electron chi connectivity index (χ2n) is 8.95. The first-order valence-corrected chi connectivity index (χ1v) is 9.70. The van der Waals surface area contributed by atoms with Gasteiger partial charge in [0.25, 0.3) is 0 Å². The van der Waals surface area contributed by atoms with Gasteiger partial charge in [0.2, 0.25) is 0 Å². The standard InChI is InChI=1S/C25H32O2/c1-18-9-7-15-24(3,4)22(18)13-11-20(26)17-21(27)12-14-23-19(2)10-8-16-25(23,5)6/h7-14H,15-17H2,1-6H3. The lowest BCUT2D eigenvalue weighted by molar-refractivity contribution is -0.121. The van der Waals surface area contributed by atoms with E-state index in [2.05, 4.69) is 65.8 Å². The van der Waals surface area contributed by atoms with Gasteiger partial charge in [-0.15, -0.1) is 0 Å². The Morgan fingerprint density at radius 1 is 0.815 bits per heavy atom. The molecule has 0 aromatic heterocycles. The lowest BCUT2D eigenvalue weighted by Crippen LogP contribution is -2.17. The van der Waals surface area contributed by atoms with Gasteiger partial charge in [0.1, 0.15) is 0 Å². The van der Waals surface area contributed by atoms with Crippen molar-refractivity contribution in [2.24, 2.45) is 10.8 Å². The molecule has 0 aromatic rings. The van der Waals surface area contributed by atoms with E-state index >= 15 is 0 Å². The van der Waals surface area contributed by atoms with Crippen molar-refractivity contribution in [2.75, 3.05) is 0 Å². The average Bonchev–Trinajstić information content (AvgIpc) is 2.52. The first kappa shape index (κ1) is 21.1. The minimum absolute atomic E-state index is 0.0175. The van der Waals surface area contributed by atoms with Gasteiger partial charge in [0.05, 0.1) is 6.42 Å². The zero-order valence-electron chi connectivity index (χ0n) is 17.6. The maximum atomic E-state index is 12.3. The van der Waals surface area contributed by atoms with E-state index in [1.807, 2.05) is 12.2 Å². The second-order valence-corrected chi connectivity index (χ2v) is 8.95. The fourth-order valence-corrected chi connectivity index (χ4v) is 3.88. The summed E-state index contributed by atoms with van der Waals surface area (Å²) in [4.78, 5) is 24.5. The second kappa shape index (κ2) is 8.21. The van der Waals surface area contributed by atoms with Crippen molar-refractivity contribution in [1.82, 2.24) is 0 Å². The Morgan fingerprint density at radius 2 is 1.19 bits per heavy atom. The number of allylic oxidation sites excluding steroid dienone is 12. The normalized spacial score (nSPS) is 21.6. The van der Waals surface area contributed by atoms with Crippen LogP contribution >= 0.6 is 0 Å². The van der Waals surface area contributed by atoms with Gasteiger partial charge < -0.3 is 0 Å². The molecule has 2 heteroatoms. The average molecular weight is 365 g/mol. The minimum atomic E-state index is -0.149. The predicted molar refractivity (Wildman–Crippen MR) is 113 cm³/mol. The molecule has 2 nitrogen and oxygen atoms in total. The maximum Gasteiger partial charge on any atom is 0.163 e. The molecule has 2 rings (SSSR count). The van der Waals surface area contributed by atoms with E-state index in [-0.39, 0.29) is 28.8 Å². The molecule has 0 atom stereocenters. The van der Waals surface area contributed by atoms with Crippen LogP contribution in [0.5, 0.6) is 0 Å². The van der Waals surface area contributed by atoms with Gasteiger partial charge in [-0.3, -0.25) is 9.59 Å². The lowest BCUT2D eigenvalue weighted by atomic mass is 9.75. The SMILES string of the molecule is CC1=C(C=CC(=O)CC(=O)C=CC2=C(C)C=CCC2(C)C)C(C)(C)CC=C1. The van der Waals surface area contributed by atoms with Crippen molar-refractivity contribution in [3.8, 4) is 0 Å². The lowest BCUT2D eigenvalue weighted by Gasteiger charge is -2.29. The summed E-state index contributed by atoms with van der Waals surface area (Å²) >= 11 is 0. The molecule has 0 fully saturated rings. The van der Waals surface area contributed by atoms with Crippen LogP contribution in [0.1, 0.15) is 60.8 Å². The van der Waals surface area contributed by atoms with Crippen LogP contribution in [0.25, 0.3) is 0 Å². The van der Waals surface area contributed by atoms with Crippen LogP contribution in [0.15, 0.2) is 70.9 Å². The molecule has 0 amide bonds. The smallest absolute Gasteiger partial charge is 0.163 e. The van der Waals surface area contributed by atoms with Crippen molar-refractivity contribution in [3.63, 3.8) is 0 Å². The number of hydrogen-bond acceptors (Lipinski definition) is 2. The summed E-state index contributed by atoms with van der Waals surface area (Å²) < 4.78 is 0.